The molecule has 1 N–H and O–H groups in total. The first-order valence-corrected chi connectivity index (χ1v) is 8.52. The van der Waals surface area contributed by atoms with Gasteiger partial charge >= 0.3 is 0 Å². The molecule has 4 bridgehead atoms. The van der Waals surface area contributed by atoms with E-state index in [4.69, 9.17) is 4.74 Å². The van der Waals surface area contributed by atoms with Gasteiger partial charge in [-0.15, -0.1) is 0 Å². The Bertz CT molecular complexity index is 457. The van der Waals surface area contributed by atoms with Crippen LogP contribution in [0.5, 0.6) is 0 Å². The highest BCUT2D eigenvalue weighted by molar-refractivity contribution is 5.17. The maximum absolute atomic E-state index is 13.7. The van der Waals surface area contributed by atoms with Crippen molar-refractivity contribution >= 4 is 0 Å². The number of hydrogen-bond acceptors (Lipinski definition) is 3. The topological polar surface area (TPSA) is 52.5 Å². The third-order valence-corrected chi connectivity index (χ3v) is 7.65. The number of aliphatic hydroxyl groups excluding tert-OH is 1. The van der Waals surface area contributed by atoms with Crippen molar-refractivity contribution in [2.45, 2.75) is 56.8 Å². The summed E-state index contributed by atoms with van der Waals surface area (Å²) in [6.07, 6.45) is 7.04. The fourth-order valence-corrected chi connectivity index (χ4v) is 7.24. The molecule has 2 saturated carbocycles. The van der Waals surface area contributed by atoms with Crippen LogP contribution in [0, 0.1) is 28.4 Å². The highest BCUT2D eigenvalue weighted by Gasteiger charge is 2.77. The molecular weight excluding hydrogens is 254 g/mol. The molecule has 1 unspecified atom stereocenters. The van der Waals surface area contributed by atoms with Crippen LogP contribution in [0.4, 0.5) is 0 Å². The molecule has 5 rings (SSSR count). The van der Waals surface area contributed by atoms with Gasteiger partial charge in [0.2, 0.25) is 5.72 Å². The number of aliphatic hydroxyl groups is 1. The summed E-state index contributed by atoms with van der Waals surface area (Å²) in [6.45, 7) is 2.25. The minimum Gasteiger partial charge on any atom is -0.631 e. The van der Waals surface area contributed by atoms with Crippen molar-refractivity contribution in [3.8, 4) is 0 Å². The van der Waals surface area contributed by atoms with E-state index in [2.05, 4.69) is 0 Å². The lowest BCUT2D eigenvalue weighted by atomic mass is 9.54. The van der Waals surface area contributed by atoms with Gasteiger partial charge in [-0.2, -0.15) is 0 Å². The Balaban J connectivity index is 1.77. The largest absolute Gasteiger partial charge is 0.631 e. The number of quaternary nitrogens is 1. The Labute approximate surface area is 120 Å². The van der Waals surface area contributed by atoms with E-state index in [1.807, 2.05) is 0 Å². The monoisotopic (exact) mass is 279 g/mol. The second-order valence-electron chi connectivity index (χ2n) is 8.13. The molecule has 0 radical (unpaired) electrons. The molecule has 4 heteroatoms. The van der Waals surface area contributed by atoms with Crippen LogP contribution in [0.25, 0.3) is 0 Å². The minimum atomic E-state index is -0.489. The van der Waals surface area contributed by atoms with Gasteiger partial charge in [0, 0.05) is 6.42 Å². The number of rotatable bonds is 0. The zero-order valence-electron chi connectivity index (χ0n) is 12.1. The zero-order chi connectivity index (χ0) is 13.6. The van der Waals surface area contributed by atoms with Crippen molar-refractivity contribution in [2.24, 2.45) is 23.2 Å². The highest BCUT2D eigenvalue weighted by Crippen LogP contribution is 2.72. The van der Waals surface area contributed by atoms with Crippen LogP contribution in [-0.2, 0) is 4.74 Å². The van der Waals surface area contributed by atoms with Gasteiger partial charge in [0.05, 0.1) is 31.2 Å². The van der Waals surface area contributed by atoms with Crippen LogP contribution >= 0.6 is 0 Å². The molecule has 3 aliphatic heterocycles. The van der Waals surface area contributed by atoms with Gasteiger partial charge in [0.25, 0.3) is 0 Å². The van der Waals surface area contributed by atoms with Crippen LogP contribution in [0.2, 0.25) is 0 Å². The normalized spacial score (nSPS) is 63.9. The first kappa shape index (κ1) is 12.4. The maximum atomic E-state index is 13.7. The van der Waals surface area contributed by atoms with E-state index in [-0.39, 0.29) is 16.2 Å². The minimum absolute atomic E-state index is 0.00405. The molecule has 5 fully saturated rings. The quantitative estimate of drug-likeness (QED) is 0.545. The maximum Gasteiger partial charge on any atom is 0.209 e. The third kappa shape index (κ3) is 1.10. The van der Waals surface area contributed by atoms with Crippen LogP contribution in [-0.4, -0.2) is 41.3 Å². The summed E-state index contributed by atoms with van der Waals surface area (Å²) in [7, 11) is 0. The van der Waals surface area contributed by atoms with E-state index in [0.29, 0.717) is 24.3 Å². The van der Waals surface area contributed by atoms with Gasteiger partial charge < -0.3 is 19.7 Å². The molecule has 4 nitrogen and oxygen atoms in total. The summed E-state index contributed by atoms with van der Waals surface area (Å²) in [6, 6.07) is 0. The molecule has 2 spiro atoms. The molecule has 0 aromatic heterocycles. The van der Waals surface area contributed by atoms with E-state index in [9.17, 15) is 10.3 Å². The SMILES string of the molecule is [O-][N+]12CCC[C@@H]3[C@@H](O)C[C@@H]4C[C@H]5CO[C@]1(C5)[C@@]43CCC2. The fourth-order valence-electron chi connectivity index (χ4n) is 7.24. The van der Waals surface area contributed by atoms with Gasteiger partial charge in [-0.05, 0) is 56.3 Å². The Morgan fingerprint density at radius 3 is 2.95 bits per heavy atom. The average Bonchev–Trinajstić information content (AvgIpc) is 2.89. The Morgan fingerprint density at radius 1 is 1.20 bits per heavy atom. The lowest BCUT2D eigenvalue weighted by Crippen LogP contribution is -2.73. The van der Waals surface area contributed by atoms with Crippen molar-refractivity contribution in [2.75, 3.05) is 19.7 Å². The Kier molecular flexibility index (Phi) is 2.23. The Hall–Kier alpha value is -0.160. The standard InChI is InChI=1S/C16H25NO3/c18-14-8-12-7-11-9-16(20-10-11)15(12)4-2-6-17(16,19)5-1-3-13(14)15/h11-14,18H,1-10H2/t11-,12+,13-,14+,15+,16-,17?/m1/s1. The van der Waals surface area contributed by atoms with Crippen molar-refractivity contribution < 1.29 is 14.5 Å². The van der Waals surface area contributed by atoms with E-state index in [0.717, 1.165) is 51.7 Å². The van der Waals surface area contributed by atoms with Gasteiger partial charge in [-0.1, -0.05) is 0 Å². The summed E-state index contributed by atoms with van der Waals surface area (Å²) in [5, 5.41) is 24.3. The van der Waals surface area contributed by atoms with Crippen LogP contribution in [0.1, 0.15) is 44.9 Å². The molecule has 3 heterocycles. The molecule has 2 aliphatic carbocycles. The van der Waals surface area contributed by atoms with E-state index in [1.54, 1.807) is 0 Å². The zero-order valence-corrected chi connectivity index (χ0v) is 12.1. The number of ether oxygens (including phenoxy) is 1. The molecule has 0 aromatic rings. The molecule has 7 atom stereocenters. The predicted molar refractivity (Wildman–Crippen MR) is 73.3 cm³/mol. The number of hydrogen-bond donors (Lipinski definition) is 1. The van der Waals surface area contributed by atoms with Gasteiger partial charge in [-0.25, -0.2) is 0 Å². The molecular formula is C16H25NO3. The van der Waals surface area contributed by atoms with Crippen molar-refractivity contribution in [1.29, 1.82) is 0 Å². The van der Waals surface area contributed by atoms with E-state index < -0.39 is 5.72 Å². The average molecular weight is 279 g/mol. The second-order valence-corrected chi connectivity index (χ2v) is 8.13. The summed E-state index contributed by atoms with van der Waals surface area (Å²) >= 11 is 0. The van der Waals surface area contributed by atoms with Crippen molar-refractivity contribution in [3.63, 3.8) is 0 Å². The van der Waals surface area contributed by atoms with Crippen LogP contribution < -0.4 is 0 Å². The summed E-state index contributed by atoms with van der Waals surface area (Å²) in [4.78, 5) is 0. The van der Waals surface area contributed by atoms with Gasteiger partial charge in [0.15, 0.2) is 0 Å². The predicted octanol–water partition coefficient (Wildman–Crippen LogP) is 2.01. The van der Waals surface area contributed by atoms with Crippen LogP contribution in [0.3, 0.4) is 0 Å². The summed E-state index contributed by atoms with van der Waals surface area (Å²) in [5.74, 6) is 1.43. The smallest absolute Gasteiger partial charge is 0.209 e. The number of nitrogens with zero attached hydrogens (tertiary/aromatic N) is 1. The lowest BCUT2D eigenvalue weighted by molar-refractivity contribution is -0.973. The molecule has 5 aliphatic rings. The molecule has 112 valence electrons. The van der Waals surface area contributed by atoms with Gasteiger partial charge in [-0.3, -0.25) is 0 Å². The Morgan fingerprint density at radius 2 is 2.05 bits per heavy atom. The summed E-state index contributed by atoms with van der Waals surface area (Å²) in [5.41, 5.74) is -0.493. The molecule has 20 heavy (non-hydrogen) atoms. The first-order valence-electron chi connectivity index (χ1n) is 8.52. The molecule has 3 saturated heterocycles. The van der Waals surface area contributed by atoms with Crippen molar-refractivity contribution in [1.82, 2.24) is 0 Å². The highest BCUT2D eigenvalue weighted by atomic mass is 16.6. The van der Waals surface area contributed by atoms with Crippen LogP contribution in [0.15, 0.2) is 0 Å². The van der Waals surface area contributed by atoms with E-state index >= 15 is 0 Å². The second kappa shape index (κ2) is 3.60. The first-order chi connectivity index (χ1) is 9.61. The fraction of sp³-hybridized carbons (Fsp3) is 1.00. The molecule has 0 amide bonds. The molecule has 0 aromatic carbocycles. The van der Waals surface area contributed by atoms with Crippen molar-refractivity contribution in [3.05, 3.63) is 5.21 Å². The summed E-state index contributed by atoms with van der Waals surface area (Å²) < 4.78 is 6.29. The van der Waals surface area contributed by atoms with Gasteiger partial charge in [0.1, 0.15) is 0 Å². The number of hydroxylamine groups is 3. The third-order valence-electron chi connectivity index (χ3n) is 7.65. The lowest BCUT2D eigenvalue weighted by Gasteiger charge is -2.66. The number of piperidine rings is 1. The van der Waals surface area contributed by atoms with E-state index in [1.165, 1.54) is 6.42 Å². The number of fused-ring (bicyclic) bond motifs is 1.